The molecule has 0 heterocycles. The van der Waals surface area contributed by atoms with E-state index in [9.17, 15) is 0 Å². The van der Waals surface area contributed by atoms with Gasteiger partial charge in [-0.1, -0.05) is 6.07 Å². The van der Waals surface area contributed by atoms with Crippen LogP contribution in [-0.4, -0.2) is 50.0 Å². The largest absolute Gasteiger partial charge is 0.494 e. The maximum absolute atomic E-state index is 8.97. The van der Waals surface area contributed by atoms with Crippen LogP contribution < -0.4 is 4.74 Å². The maximum Gasteiger partial charge on any atom is 0.120 e. The Kier molecular flexibility index (Phi) is 8.49. The van der Waals surface area contributed by atoms with E-state index in [1.807, 2.05) is 12.1 Å². The highest BCUT2D eigenvalue weighted by Gasteiger charge is 2.12. The van der Waals surface area contributed by atoms with Crippen molar-refractivity contribution >= 4 is 22.6 Å². The molecule has 0 amide bonds. The molecule has 0 aliphatic rings. The molecular formula is C16H27INO2+. The molecule has 0 saturated heterocycles. The smallest absolute Gasteiger partial charge is 0.120 e. The predicted octanol–water partition coefficient (Wildman–Crippen LogP) is 3.30. The number of rotatable bonds is 10. The summed E-state index contributed by atoms with van der Waals surface area (Å²) in [4.78, 5) is 0. The van der Waals surface area contributed by atoms with E-state index >= 15 is 0 Å². The zero-order valence-corrected chi connectivity index (χ0v) is 14.8. The summed E-state index contributed by atoms with van der Waals surface area (Å²) in [5.74, 6) is 0.970. The van der Waals surface area contributed by atoms with E-state index in [-0.39, 0.29) is 6.61 Å². The van der Waals surface area contributed by atoms with Gasteiger partial charge in [0.15, 0.2) is 0 Å². The molecule has 0 aliphatic heterocycles. The van der Waals surface area contributed by atoms with Gasteiger partial charge in [0, 0.05) is 3.57 Å². The first-order valence-corrected chi connectivity index (χ1v) is 8.43. The maximum atomic E-state index is 8.97. The number of quaternary nitrogens is 1. The molecule has 0 fully saturated rings. The van der Waals surface area contributed by atoms with Crippen molar-refractivity contribution in [1.29, 1.82) is 0 Å². The first kappa shape index (κ1) is 17.7. The lowest BCUT2D eigenvalue weighted by Gasteiger charge is -2.28. The van der Waals surface area contributed by atoms with Crippen molar-refractivity contribution < 1.29 is 14.3 Å². The molecule has 0 radical (unpaired) electrons. The van der Waals surface area contributed by atoms with Gasteiger partial charge in [-0.3, -0.25) is 0 Å². The number of nitrogens with zero attached hydrogens (tertiary/aromatic N) is 1. The number of ether oxygens (including phenoxy) is 1. The van der Waals surface area contributed by atoms with Crippen molar-refractivity contribution in [3.05, 3.63) is 27.8 Å². The lowest BCUT2D eigenvalue weighted by Crippen LogP contribution is -2.42. The van der Waals surface area contributed by atoms with Crippen molar-refractivity contribution in [1.82, 2.24) is 0 Å². The fourth-order valence-electron chi connectivity index (χ4n) is 2.12. The summed E-state index contributed by atoms with van der Waals surface area (Å²) in [6.45, 7) is 3.06. The quantitative estimate of drug-likeness (QED) is 0.379. The number of aliphatic hydroxyl groups excluding tert-OH is 1. The van der Waals surface area contributed by atoms with Crippen LogP contribution >= 0.6 is 22.6 Å². The third-order valence-electron chi connectivity index (χ3n) is 3.43. The highest BCUT2D eigenvalue weighted by atomic mass is 123. The minimum Gasteiger partial charge on any atom is -0.494 e. The molecule has 0 spiro atoms. The summed E-state index contributed by atoms with van der Waals surface area (Å²) >= 11 is 2.30. The molecule has 3 nitrogen and oxygen atoms in total. The van der Waals surface area contributed by atoms with E-state index < -0.39 is 0 Å². The van der Waals surface area contributed by atoms with Gasteiger partial charge >= 0.3 is 0 Å². The van der Waals surface area contributed by atoms with Crippen LogP contribution in [0.1, 0.15) is 25.7 Å². The molecule has 0 aliphatic carbocycles. The minimum atomic E-state index is 0.275. The predicted molar refractivity (Wildman–Crippen MR) is 92.1 cm³/mol. The monoisotopic (exact) mass is 388 g/mol. The van der Waals surface area contributed by atoms with Crippen molar-refractivity contribution in [3.8, 4) is 5.75 Å². The number of hydrogen-bond donors (Lipinski definition) is 1. The zero-order chi connectivity index (χ0) is 14.8. The standard InChI is InChI=1S/C16H27INO2/c1-18(2,11-12-19)10-5-3-4-6-13-20-16-9-7-8-15(17)14-16/h7-9,14,19H,3-6,10-13H2,1-2H3/q+1/i17-4. The summed E-state index contributed by atoms with van der Waals surface area (Å²) in [6, 6.07) is 8.17. The Balaban J connectivity index is 2.03. The van der Waals surface area contributed by atoms with Gasteiger partial charge in [0.05, 0.1) is 33.9 Å². The van der Waals surface area contributed by atoms with Crippen molar-refractivity contribution in [2.24, 2.45) is 0 Å². The molecule has 1 rings (SSSR count). The van der Waals surface area contributed by atoms with Crippen LogP contribution in [0.3, 0.4) is 0 Å². The number of benzene rings is 1. The highest BCUT2D eigenvalue weighted by Crippen LogP contribution is 2.15. The second-order valence-corrected chi connectivity index (χ2v) is 7.07. The van der Waals surface area contributed by atoms with Crippen LogP contribution in [0.25, 0.3) is 0 Å². The third-order valence-corrected chi connectivity index (χ3v) is 4.10. The fraction of sp³-hybridized carbons (Fsp3) is 0.625. The van der Waals surface area contributed by atoms with Crippen molar-refractivity contribution in [2.75, 3.05) is 40.4 Å². The Morgan fingerprint density at radius 2 is 1.85 bits per heavy atom. The lowest BCUT2D eigenvalue weighted by atomic mass is 10.2. The summed E-state index contributed by atoms with van der Waals surface area (Å²) in [6.07, 6.45) is 4.78. The van der Waals surface area contributed by atoms with Crippen LogP contribution in [0, 0.1) is 3.57 Å². The van der Waals surface area contributed by atoms with E-state index in [2.05, 4.69) is 48.8 Å². The Morgan fingerprint density at radius 3 is 2.55 bits per heavy atom. The lowest BCUT2D eigenvalue weighted by molar-refractivity contribution is -0.890. The van der Waals surface area contributed by atoms with Gasteiger partial charge < -0.3 is 14.3 Å². The van der Waals surface area contributed by atoms with Crippen LogP contribution in [0.4, 0.5) is 0 Å². The molecule has 0 unspecified atom stereocenters. The second-order valence-electron chi connectivity index (χ2n) is 5.83. The SMILES string of the molecule is C[N+](C)(CCO)CCCCCCOc1cccc([123I])c1. The number of likely N-dealkylation sites (N-methyl/N-ethyl adjacent to an activating group) is 1. The molecule has 4 heteroatoms. The third kappa shape index (κ3) is 8.07. The van der Waals surface area contributed by atoms with E-state index in [0.29, 0.717) is 0 Å². The molecule has 1 N–H and O–H groups in total. The van der Waals surface area contributed by atoms with E-state index in [0.717, 1.165) is 36.3 Å². The summed E-state index contributed by atoms with van der Waals surface area (Å²) in [5.41, 5.74) is 0. The number of aliphatic hydroxyl groups is 1. The molecule has 0 saturated carbocycles. The molecule has 0 aromatic heterocycles. The van der Waals surface area contributed by atoms with Crippen molar-refractivity contribution in [2.45, 2.75) is 25.7 Å². The normalized spacial score (nSPS) is 11.6. The minimum absolute atomic E-state index is 0.275. The molecule has 114 valence electrons. The topological polar surface area (TPSA) is 29.5 Å². The Labute approximate surface area is 136 Å². The number of halogens is 1. The van der Waals surface area contributed by atoms with Gasteiger partial charge in [-0.2, -0.15) is 0 Å². The van der Waals surface area contributed by atoms with Crippen LogP contribution in [-0.2, 0) is 0 Å². The number of unbranched alkanes of at least 4 members (excludes halogenated alkanes) is 3. The van der Waals surface area contributed by atoms with Crippen LogP contribution in [0.2, 0.25) is 0 Å². The van der Waals surface area contributed by atoms with E-state index in [4.69, 9.17) is 9.84 Å². The zero-order valence-electron chi connectivity index (χ0n) is 12.6. The van der Waals surface area contributed by atoms with E-state index in [1.165, 1.54) is 22.8 Å². The highest BCUT2D eigenvalue weighted by molar-refractivity contribution is 14.1. The average molecular weight is 388 g/mol. The molecule has 1 aromatic rings. The first-order chi connectivity index (χ1) is 9.53. The van der Waals surface area contributed by atoms with Crippen LogP contribution in [0.15, 0.2) is 24.3 Å². The Bertz CT molecular complexity index is 382. The fourth-order valence-corrected chi connectivity index (χ4v) is 2.64. The Hall–Kier alpha value is -0.330. The van der Waals surface area contributed by atoms with Gasteiger partial charge in [0.1, 0.15) is 12.3 Å². The number of hydrogen-bond acceptors (Lipinski definition) is 2. The van der Waals surface area contributed by atoms with Gasteiger partial charge in [0.25, 0.3) is 0 Å². The Morgan fingerprint density at radius 1 is 1.10 bits per heavy atom. The molecule has 0 bridgehead atoms. The van der Waals surface area contributed by atoms with E-state index in [1.54, 1.807) is 0 Å². The van der Waals surface area contributed by atoms with Gasteiger partial charge in [-0.15, -0.1) is 0 Å². The summed E-state index contributed by atoms with van der Waals surface area (Å²) in [7, 11) is 4.35. The molecule has 1 aromatic carbocycles. The summed E-state index contributed by atoms with van der Waals surface area (Å²) in [5, 5.41) is 8.97. The molecule has 20 heavy (non-hydrogen) atoms. The first-order valence-electron chi connectivity index (χ1n) is 7.35. The van der Waals surface area contributed by atoms with Crippen LogP contribution in [0.5, 0.6) is 5.75 Å². The molecule has 0 atom stereocenters. The van der Waals surface area contributed by atoms with Gasteiger partial charge in [-0.25, -0.2) is 0 Å². The van der Waals surface area contributed by atoms with Crippen molar-refractivity contribution in [3.63, 3.8) is 0 Å². The second kappa shape index (κ2) is 9.58. The summed E-state index contributed by atoms with van der Waals surface area (Å²) < 4.78 is 7.86. The van der Waals surface area contributed by atoms with Gasteiger partial charge in [-0.05, 0) is 66.5 Å². The molecular weight excluding hydrogens is 361 g/mol. The van der Waals surface area contributed by atoms with Gasteiger partial charge in [0.2, 0.25) is 0 Å². The average Bonchev–Trinajstić information content (AvgIpc) is 2.37.